The highest BCUT2D eigenvalue weighted by atomic mass is 32.2. The number of sulfonamides is 1. The van der Waals surface area contributed by atoms with E-state index in [2.05, 4.69) is 4.90 Å². The molecule has 0 unspecified atom stereocenters. The third-order valence-corrected chi connectivity index (χ3v) is 7.50. The van der Waals surface area contributed by atoms with Crippen molar-refractivity contribution in [2.45, 2.75) is 6.54 Å². The van der Waals surface area contributed by atoms with Crippen molar-refractivity contribution in [2.75, 3.05) is 55.9 Å². The summed E-state index contributed by atoms with van der Waals surface area (Å²) >= 11 is 0. The van der Waals surface area contributed by atoms with E-state index >= 15 is 0 Å². The molecule has 0 radical (unpaired) electrons. The molecule has 8 nitrogen and oxygen atoms in total. The number of carbonyl (C=O) groups excluding carboxylic acids is 1. The monoisotopic (exact) mass is 527 g/mol. The average Bonchev–Trinajstić information content (AvgIpc) is 2.91. The smallest absolute Gasteiger partial charge is 0.253 e. The van der Waals surface area contributed by atoms with Crippen LogP contribution in [0.5, 0.6) is 11.5 Å². The fraction of sp³-hybridized carbons (Fsp3) is 0.296. The first kappa shape index (κ1) is 26.3. The van der Waals surface area contributed by atoms with Crippen molar-refractivity contribution in [1.29, 1.82) is 0 Å². The normalized spacial score (nSPS) is 13.8. The summed E-state index contributed by atoms with van der Waals surface area (Å²) in [6.07, 6.45) is 1.08. The van der Waals surface area contributed by atoms with E-state index in [1.54, 1.807) is 30.2 Å². The summed E-state index contributed by atoms with van der Waals surface area (Å²) in [7, 11) is -0.580. The van der Waals surface area contributed by atoms with Gasteiger partial charge < -0.3 is 19.3 Å². The van der Waals surface area contributed by atoms with Gasteiger partial charge in [-0.05, 0) is 66.7 Å². The highest BCUT2D eigenvalue weighted by Crippen LogP contribution is 2.28. The second kappa shape index (κ2) is 11.1. The number of ether oxygens (including phenoxy) is 2. The van der Waals surface area contributed by atoms with Crippen molar-refractivity contribution in [3.8, 4) is 11.5 Å². The second-order valence-electron chi connectivity index (χ2n) is 8.75. The van der Waals surface area contributed by atoms with E-state index in [-0.39, 0.29) is 12.5 Å². The van der Waals surface area contributed by atoms with Crippen LogP contribution in [0, 0.1) is 5.82 Å². The van der Waals surface area contributed by atoms with Crippen molar-refractivity contribution in [3.05, 3.63) is 83.7 Å². The Bertz CT molecular complexity index is 1340. The number of anilines is 2. The van der Waals surface area contributed by atoms with Crippen LogP contribution in [-0.2, 0) is 16.6 Å². The Balaban J connectivity index is 1.51. The van der Waals surface area contributed by atoms with Crippen molar-refractivity contribution < 1.29 is 27.1 Å². The Morgan fingerprint density at radius 3 is 2.14 bits per heavy atom. The number of piperazine rings is 1. The molecule has 1 saturated heterocycles. The Morgan fingerprint density at radius 2 is 1.57 bits per heavy atom. The van der Waals surface area contributed by atoms with E-state index in [9.17, 15) is 17.6 Å². The van der Waals surface area contributed by atoms with E-state index in [1.165, 1.54) is 31.4 Å². The van der Waals surface area contributed by atoms with E-state index in [1.807, 2.05) is 24.3 Å². The van der Waals surface area contributed by atoms with Crippen LogP contribution in [0.4, 0.5) is 15.8 Å². The maximum Gasteiger partial charge on any atom is 0.253 e. The molecule has 3 aromatic rings. The number of nitrogens with zero attached hydrogens (tertiary/aromatic N) is 3. The zero-order valence-electron chi connectivity index (χ0n) is 21.1. The van der Waals surface area contributed by atoms with Gasteiger partial charge in [-0.2, -0.15) is 0 Å². The molecule has 1 aliphatic rings. The van der Waals surface area contributed by atoms with Gasteiger partial charge in [0.2, 0.25) is 10.0 Å². The number of hydrogen-bond acceptors (Lipinski definition) is 6. The molecule has 0 atom stereocenters. The summed E-state index contributed by atoms with van der Waals surface area (Å²) < 4.78 is 50.4. The number of rotatable bonds is 8. The maximum atomic E-state index is 13.4. The largest absolute Gasteiger partial charge is 0.497 e. The van der Waals surface area contributed by atoms with Crippen molar-refractivity contribution in [2.24, 2.45) is 0 Å². The third kappa shape index (κ3) is 6.14. The van der Waals surface area contributed by atoms with Gasteiger partial charge in [-0.15, -0.1) is 0 Å². The summed E-state index contributed by atoms with van der Waals surface area (Å²) in [5, 5.41) is 0. The highest BCUT2D eigenvalue weighted by molar-refractivity contribution is 7.92. The molecular formula is C27H30FN3O5S. The predicted octanol–water partition coefficient (Wildman–Crippen LogP) is 3.77. The molecule has 1 heterocycles. The predicted molar refractivity (Wildman–Crippen MR) is 142 cm³/mol. The molecule has 4 rings (SSSR count). The van der Waals surface area contributed by atoms with Gasteiger partial charge in [-0.25, -0.2) is 12.8 Å². The van der Waals surface area contributed by atoms with Crippen LogP contribution in [0.2, 0.25) is 0 Å². The summed E-state index contributed by atoms with van der Waals surface area (Å²) in [5.74, 6) is 0.652. The van der Waals surface area contributed by atoms with Crippen LogP contribution < -0.4 is 18.7 Å². The molecule has 0 N–H and O–H groups in total. The Morgan fingerprint density at radius 1 is 0.919 bits per heavy atom. The van der Waals surface area contributed by atoms with E-state index in [4.69, 9.17) is 9.47 Å². The lowest BCUT2D eigenvalue weighted by atomic mass is 10.1. The number of benzene rings is 3. The molecule has 0 saturated carbocycles. The van der Waals surface area contributed by atoms with Gasteiger partial charge in [0, 0.05) is 43.0 Å². The molecule has 0 aliphatic carbocycles. The minimum absolute atomic E-state index is 0.0694. The van der Waals surface area contributed by atoms with Crippen LogP contribution >= 0.6 is 0 Å². The van der Waals surface area contributed by atoms with Crippen LogP contribution in [0.3, 0.4) is 0 Å². The summed E-state index contributed by atoms with van der Waals surface area (Å²) in [6, 6.07) is 18.1. The molecule has 0 bridgehead atoms. The van der Waals surface area contributed by atoms with Gasteiger partial charge in [0.15, 0.2) is 0 Å². The van der Waals surface area contributed by atoms with E-state index in [0.717, 1.165) is 22.0 Å². The fourth-order valence-electron chi connectivity index (χ4n) is 4.34. The molecule has 0 aromatic heterocycles. The lowest BCUT2D eigenvalue weighted by molar-refractivity contribution is 0.0746. The van der Waals surface area contributed by atoms with Gasteiger partial charge in [-0.3, -0.25) is 9.10 Å². The van der Waals surface area contributed by atoms with Crippen LogP contribution in [0.15, 0.2) is 66.7 Å². The standard InChI is InChI=1S/C27H30FN3O5S/c1-35-25-11-9-23(10-12-25)29-14-16-30(17-15-29)27(32)20-4-13-26(36-2)21(18-20)19-31(37(3,33)34)24-7-5-22(28)6-8-24/h4-13,18H,14-17,19H2,1-3H3. The number of hydrogen-bond donors (Lipinski definition) is 0. The zero-order chi connectivity index (χ0) is 26.6. The number of amides is 1. The minimum Gasteiger partial charge on any atom is -0.497 e. The lowest BCUT2D eigenvalue weighted by Gasteiger charge is -2.36. The maximum absolute atomic E-state index is 13.4. The molecule has 37 heavy (non-hydrogen) atoms. The molecule has 1 aliphatic heterocycles. The molecular weight excluding hydrogens is 497 g/mol. The van der Waals surface area contributed by atoms with Crippen LogP contribution in [-0.4, -0.2) is 65.9 Å². The number of halogens is 1. The highest BCUT2D eigenvalue weighted by Gasteiger charge is 2.25. The van der Waals surface area contributed by atoms with Crippen molar-refractivity contribution >= 4 is 27.3 Å². The van der Waals surface area contributed by atoms with E-state index in [0.29, 0.717) is 48.7 Å². The SMILES string of the molecule is COc1ccc(N2CCN(C(=O)c3ccc(OC)c(CN(c4ccc(F)cc4)S(C)(=O)=O)c3)CC2)cc1. The number of carbonyl (C=O) groups is 1. The second-order valence-corrected chi connectivity index (χ2v) is 10.7. The van der Waals surface area contributed by atoms with Gasteiger partial charge in [-0.1, -0.05) is 0 Å². The van der Waals surface area contributed by atoms with Crippen molar-refractivity contribution in [3.63, 3.8) is 0 Å². The zero-order valence-corrected chi connectivity index (χ0v) is 21.9. The molecule has 196 valence electrons. The lowest BCUT2D eigenvalue weighted by Crippen LogP contribution is -2.48. The van der Waals surface area contributed by atoms with Crippen molar-refractivity contribution in [1.82, 2.24) is 4.90 Å². The Labute approximate surface area is 216 Å². The first-order valence-electron chi connectivity index (χ1n) is 11.8. The minimum atomic E-state index is -3.70. The molecule has 10 heteroatoms. The topological polar surface area (TPSA) is 79.4 Å². The summed E-state index contributed by atoms with van der Waals surface area (Å²) in [6.45, 7) is 2.41. The first-order chi connectivity index (χ1) is 17.7. The fourth-order valence-corrected chi connectivity index (χ4v) is 5.22. The van der Waals surface area contributed by atoms with Gasteiger partial charge in [0.05, 0.1) is 32.7 Å². The molecule has 3 aromatic carbocycles. The number of methoxy groups -OCH3 is 2. The van der Waals surface area contributed by atoms with Crippen LogP contribution in [0.25, 0.3) is 0 Å². The summed E-state index contributed by atoms with van der Waals surface area (Å²) in [5.41, 5.74) is 2.36. The average molecular weight is 528 g/mol. The van der Waals surface area contributed by atoms with Gasteiger partial charge in [0.1, 0.15) is 17.3 Å². The quantitative estimate of drug-likeness (QED) is 0.444. The molecule has 1 fully saturated rings. The molecule has 1 amide bonds. The molecule has 0 spiro atoms. The summed E-state index contributed by atoms with van der Waals surface area (Å²) in [4.78, 5) is 17.4. The Hall–Kier alpha value is -3.79. The first-order valence-corrected chi connectivity index (χ1v) is 13.6. The third-order valence-electron chi connectivity index (χ3n) is 6.36. The Kier molecular flexibility index (Phi) is 7.87. The van der Waals surface area contributed by atoms with Crippen LogP contribution in [0.1, 0.15) is 15.9 Å². The van der Waals surface area contributed by atoms with Gasteiger partial charge in [0.25, 0.3) is 5.91 Å². The van der Waals surface area contributed by atoms with Gasteiger partial charge >= 0.3 is 0 Å². The van der Waals surface area contributed by atoms with E-state index < -0.39 is 15.8 Å².